The Kier molecular flexibility index (Phi) is 2.26. The molecule has 0 aliphatic rings. The molecule has 3 rings (SSSR count). The molecule has 5 heteroatoms. The van der Waals surface area contributed by atoms with Crippen molar-refractivity contribution in [2.24, 2.45) is 0 Å². The summed E-state index contributed by atoms with van der Waals surface area (Å²) in [5, 5.41) is 4.05. The fraction of sp³-hybridized carbons (Fsp3) is 0.0769. The Bertz CT molecular complexity index is 763. The van der Waals surface area contributed by atoms with Crippen LogP contribution in [0.2, 0.25) is 0 Å². The van der Waals surface area contributed by atoms with Crippen LogP contribution < -0.4 is 5.32 Å². The Morgan fingerprint density at radius 2 is 2.06 bits per heavy atom. The lowest BCUT2D eigenvalue weighted by Gasteiger charge is -1.98. The summed E-state index contributed by atoms with van der Waals surface area (Å²) in [6.07, 6.45) is 1.58. The van der Waals surface area contributed by atoms with E-state index in [9.17, 15) is 9.18 Å². The molecule has 3 aromatic rings. The third kappa shape index (κ3) is 1.52. The zero-order valence-corrected chi connectivity index (χ0v) is 9.62. The van der Waals surface area contributed by atoms with Crippen molar-refractivity contribution in [3.05, 3.63) is 42.0 Å². The molecule has 0 bridgehead atoms. The van der Waals surface area contributed by atoms with Gasteiger partial charge in [0.15, 0.2) is 0 Å². The number of carbonyl (C=O) groups excluding carboxylic acids is 1. The average molecular weight is 243 g/mol. The number of halogens is 1. The normalized spacial score (nSPS) is 11.0. The maximum Gasteiger partial charge on any atom is 0.269 e. The molecule has 0 saturated carbocycles. The van der Waals surface area contributed by atoms with E-state index in [0.29, 0.717) is 5.69 Å². The number of hydrogen-bond acceptors (Lipinski definition) is 2. The average Bonchev–Trinajstić information content (AvgIpc) is 2.75. The van der Waals surface area contributed by atoms with Gasteiger partial charge in [-0.3, -0.25) is 4.79 Å². The fourth-order valence-electron chi connectivity index (χ4n) is 2.02. The monoisotopic (exact) mass is 243 g/mol. The maximum atomic E-state index is 13.3. The number of hydrogen-bond donors (Lipinski definition) is 2. The van der Waals surface area contributed by atoms with E-state index < -0.39 is 0 Å². The van der Waals surface area contributed by atoms with E-state index in [0.717, 1.165) is 21.8 Å². The Morgan fingerprint density at radius 3 is 2.83 bits per heavy atom. The highest BCUT2D eigenvalue weighted by atomic mass is 19.1. The summed E-state index contributed by atoms with van der Waals surface area (Å²) in [5.74, 6) is -0.565. The first-order valence-corrected chi connectivity index (χ1v) is 5.48. The first kappa shape index (κ1) is 10.7. The number of rotatable bonds is 1. The number of fused-ring (bicyclic) bond motifs is 3. The van der Waals surface area contributed by atoms with E-state index in [1.807, 2.05) is 0 Å². The van der Waals surface area contributed by atoms with Crippen LogP contribution in [0.5, 0.6) is 0 Å². The van der Waals surface area contributed by atoms with E-state index in [4.69, 9.17) is 0 Å². The molecule has 0 spiro atoms. The molecule has 18 heavy (non-hydrogen) atoms. The summed E-state index contributed by atoms with van der Waals surface area (Å²) in [6.45, 7) is 0. The van der Waals surface area contributed by atoms with Crippen LogP contribution in [0.15, 0.2) is 30.5 Å². The fourth-order valence-corrected chi connectivity index (χ4v) is 2.02. The van der Waals surface area contributed by atoms with Crippen LogP contribution in [0.1, 0.15) is 10.5 Å². The molecular weight excluding hydrogens is 233 g/mol. The third-order valence-electron chi connectivity index (χ3n) is 2.90. The van der Waals surface area contributed by atoms with Gasteiger partial charge in [0, 0.05) is 23.3 Å². The van der Waals surface area contributed by atoms with Gasteiger partial charge in [-0.25, -0.2) is 9.37 Å². The second-order valence-electron chi connectivity index (χ2n) is 4.01. The second kappa shape index (κ2) is 3.80. The molecule has 4 nitrogen and oxygen atoms in total. The van der Waals surface area contributed by atoms with Crippen LogP contribution in [-0.4, -0.2) is 22.9 Å². The number of amides is 1. The number of pyridine rings is 1. The number of H-pyrrole nitrogens is 1. The van der Waals surface area contributed by atoms with Crippen molar-refractivity contribution in [1.82, 2.24) is 15.3 Å². The van der Waals surface area contributed by atoms with Crippen molar-refractivity contribution < 1.29 is 9.18 Å². The van der Waals surface area contributed by atoms with Crippen LogP contribution >= 0.6 is 0 Å². The van der Waals surface area contributed by atoms with Gasteiger partial charge in [0.2, 0.25) is 0 Å². The smallest absolute Gasteiger partial charge is 0.269 e. The number of aromatic amines is 1. The van der Waals surface area contributed by atoms with Gasteiger partial charge in [-0.1, -0.05) is 0 Å². The molecule has 0 unspecified atom stereocenters. The number of aromatic nitrogens is 2. The topological polar surface area (TPSA) is 57.8 Å². The minimum absolute atomic E-state index is 0.261. The zero-order valence-electron chi connectivity index (χ0n) is 9.62. The Morgan fingerprint density at radius 1 is 1.28 bits per heavy atom. The first-order valence-electron chi connectivity index (χ1n) is 5.48. The molecule has 1 amide bonds. The van der Waals surface area contributed by atoms with Gasteiger partial charge in [-0.05, 0) is 24.3 Å². The molecule has 2 N–H and O–H groups in total. The second-order valence-corrected chi connectivity index (χ2v) is 4.01. The number of nitrogens with zero attached hydrogens (tertiary/aromatic N) is 1. The highest BCUT2D eigenvalue weighted by Gasteiger charge is 2.10. The summed E-state index contributed by atoms with van der Waals surface area (Å²) >= 11 is 0. The van der Waals surface area contributed by atoms with Gasteiger partial charge in [-0.15, -0.1) is 0 Å². The molecule has 2 heterocycles. The van der Waals surface area contributed by atoms with E-state index >= 15 is 0 Å². The summed E-state index contributed by atoms with van der Waals surface area (Å²) in [5.41, 5.74) is 1.92. The lowest BCUT2D eigenvalue weighted by molar-refractivity contribution is 0.0958. The highest BCUT2D eigenvalue weighted by Crippen LogP contribution is 2.25. The van der Waals surface area contributed by atoms with Crippen LogP contribution in [0.25, 0.3) is 21.8 Å². The van der Waals surface area contributed by atoms with Crippen LogP contribution in [-0.2, 0) is 0 Å². The molecule has 0 fully saturated rings. The minimum atomic E-state index is -0.304. The van der Waals surface area contributed by atoms with E-state index in [1.165, 1.54) is 12.1 Å². The van der Waals surface area contributed by atoms with E-state index in [-0.39, 0.29) is 11.7 Å². The maximum absolute atomic E-state index is 13.3. The van der Waals surface area contributed by atoms with Crippen molar-refractivity contribution in [3.8, 4) is 0 Å². The molecule has 1 aromatic carbocycles. The van der Waals surface area contributed by atoms with Crippen molar-refractivity contribution in [2.45, 2.75) is 0 Å². The van der Waals surface area contributed by atoms with Crippen molar-refractivity contribution in [1.29, 1.82) is 0 Å². The summed E-state index contributed by atoms with van der Waals surface area (Å²) in [7, 11) is 1.54. The lowest BCUT2D eigenvalue weighted by atomic mass is 10.1. The van der Waals surface area contributed by atoms with E-state index in [2.05, 4.69) is 15.3 Å². The van der Waals surface area contributed by atoms with Gasteiger partial charge < -0.3 is 10.3 Å². The van der Waals surface area contributed by atoms with Gasteiger partial charge in [0.25, 0.3) is 5.91 Å². The molecule has 0 radical (unpaired) electrons. The van der Waals surface area contributed by atoms with Crippen molar-refractivity contribution in [3.63, 3.8) is 0 Å². The number of nitrogens with one attached hydrogen (secondary N) is 2. The first-order chi connectivity index (χ1) is 8.69. The minimum Gasteiger partial charge on any atom is -0.354 e. The van der Waals surface area contributed by atoms with Crippen molar-refractivity contribution in [2.75, 3.05) is 7.05 Å². The molecule has 2 aromatic heterocycles. The zero-order chi connectivity index (χ0) is 12.7. The summed E-state index contributed by atoms with van der Waals surface area (Å²) in [4.78, 5) is 18.7. The summed E-state index contributed by atoms with van der Waals surface area (Å²) < 4.78 is 13.3. The molecule has 0 aliphatic carbocycles. The SMILES string of the molecule is CNC(=O)c1cc2c(cn1)[nH]c1ccc(F)cc12. The van der Waals surface area contributed by atoms with Gasteiger partial charge >= 0.3 is 0 Å². The van der Waals surface area contributed by atoms with Crippen molar-refractivity contribution >= 4 is 27.7 Å². The standard InChI is InChI=1S/C13H10FN3O/c1-15-13(18)11-5-9-8-4-7(14)2-3-10(8)17-12(9)6-16-11/h2-6,17H,1H3,(H,15,18). The van der Waals surface area contributed by atoms with Crippen LogP contribution in [0, 0.1) is 5.82 Å². The molecule has 0 saturated heterocycles. The lowest BCUT2D eigenvalue weighted by Crippen LogP contribution is -2.18. The third-order valence-corrected chi connectivity index (χ3v) is 2.90. The van der Waals surface area contributed by atoms with Gasteiger partial charge in [0.05, 0.1) is 11.7 Å². The van der Waals surface area contributed by atoms with Crippen LogP contribution in [0.3, 0.4) is 0 Å². The number of benzene rings is 1. The number of carbonyl (C=O) groups is 1. The Balaban J connectivity index is 2.34. The highest BCUT2D eigenvalue weighted by molar-refractivity contribution is 6.09. The predicted molar refractivity (Wildman–Crippen MR) is 66.9 cm³/mol. The predicted octanol–water partition coefficient (Wildman–Crippen LogP) is 2.21. The van der Waals surface area contributed by atoms with Gasteiger partial charge in [0.1, 0.15) is 11.5 Å². The molecule has 0 aliphatic heterocycles. The Hall–Kier alpha value is -2.43. The largest absolute Gasteiger partial charge is 0.354 e. The van der Waals surface area contributed by atoms with Gasteiger partial charge in [-0.2, -0.15) is 0 Å². The molecule has 90 valence electrons. The molecular formula is C13H10FN3O. The van der Waals surface area contributed by atoms with Crippen LogP contribution in [0.4, 0.5) is 4.39 Å². The quantitative estimate of drug-likeness (QED) is 0.688. The molecule has 0 atom stereocenters. The van der Waals surface area contributed by atoms with E-state index in [1.54, 1.807) is 25.4 Å². The summed E-state index contributed by atoms with van der Waals surface area (Å²) in [6, 6.07) is 6.17. The Labute approximate surface area is 102 Å².